The molecule has 0 radical (unpaired) electrons. The lowest BCUT2D eigenvalue weighted by atomic mass is 9.74. The monoisotopic (exact) mass is 511 g/mol. The molecule has 1 saturated heterocycles. The van der Waals surface area contributed by atoms with Crippen LogP contribution in [-0.2, 0) is 9.22 Å². The van der Waals surface area contributed by atoms with Crippen molar-refractivity contribution in [3.05, 3.63) is 71.8 Å². The van der Waals surface area contributed by atoms with Crippen LogP contribution in [-0.4, -0.2) is 47.5 Å². The van der Waals surface area contributed by atoms with Gasteiger partial charge in [-0.3, -0.25) is 4.79 Å². The Hall–Kier alpha value is -1.73. The van der Waals surface area contributed by atoms with Gasteiger partial charge in [0.1, 0.15) is 0 Å². The first-order chi connectivity index (χ1) is 15.8. The number of amides is 1. The number of likely N-dealkylation sites (tertiary alicyclic amines) is 1. The molecule has 2 aromatic carbocycles. The zero-order valence-corrected chi connectivity index (χ0v) is 24.0. The second kappa shape index (κ2) is 10.5. The maximum atomic E-state index is 13.5. The maximum Gasteiger partial charge on any atom is 0.230 e. The summed E-state index contributed by atoms with van der Waals surface area (Å²) in [5, 5.41) is 0.0725. The summed E-state index contributed by atoms with van der Waals surface area (Å²) >= 11 is 11.7. The fourth-order valence-electron chi connectivity index (χ4n) is 4.44. The van der Waals surface area contributed by atoms with Crippen LogP contribution in [0.2, 0.25) is 18.1 Å². The summed E-state index contributed by atoms with van der Waals surface area (Å²) in [5.41, 5.74) is 2.02. The molecular weight excluding hydrogens is 475 g/mol. The summed E-state index contributed by atoms with van der Waals surface area (Å²) in [6, 6.07) is 20.0. The Balaban J connectivity index is 1.88. The van der Waals surface area contributed by atoms with E-state index in [1.54, 1.807) is 0 Å². The van der Waals surface area contributed by atoms with Crippen molar-refractivity contribution in [2.24, 2.45) is 11.8 Å². The van der Waals surface area contributed by atoms with Gasteiger partial charge in [0.05, 0.1) is 24.6 Å². The molecule has 6 heteroatoms. The van der Waals surface area contributed by atoms with Gasteiger partial charge in [-0.25, -0.2) is 0 Å². The Labute approximate surface area is 217 Å². The summed E-state index contributed by atoms with van der Waals surface area (Å²) in [5.74, 6) is -0.120. The van der Waals surface area contributed by atoms with Gasteiger partial charge in [-0.15, -0.1) is 0 Å². The first-order valence-electron chi connectivity index (χ1n) is 12.0. The van der Waals surface area contributed by atoms with Crippen molar-refractivity contribution in [2.75, 3.05) is 6.54 Å². The fourth-order valence-corrected chi connectivity index (χ4v) is 6.42. The SMILES string of the molecule is C[C@H](C(=S)c1ccccc1)[C@@H]1[C@@H]([C@@H](C)O[Si](C)(C)C(C)(C)C)C(=O)N1CC(=S)c1ccccc1. The van der Waals surface area contributed by atoms with Crippen molar-refractivity contribution < 1.29 is 9.22 Å². The largest absolute Gasteiger partial charge is 0.413 e. The summed E-state index contributed by atoms with van der Waals surface area (Å²) in [4.78, 5) is 17.1. The van der Waals surface area contributed by atoms with Gasteiger partial charge in [0.2, 0.25) is 5.91 Å². The lowest BCUT2D eigenvalue weighted by Crippen LogP contribution is -2.69. The number of β-lactam (4-membered cyclic amide) rings is 1. The quantitative estimate of drug-likeness (QED) is 0.162. The fraction of sp³-hybridized carbons (Fsp3) is 0.464. The third-order valence-corrected chi connectivity index (χ3v) is 13.0. The molecule has 3 rings (SSSR count). The van der Waals surface area contributed by atoms with E-state index < -0.39 is 8.32 Å². The molecule has 182 valence electrons. The first-order valence-corrected chi connectivity index (χ1v) is 15.7. The molecular formula is C28H37NO2S2Si. The van der Waals surface area contributed by atoms with Crippen LogP contribution in [0.15, 0.2) is 60.7 Å². The molecule has 0 unspecified atom stereocenters. The Morgan fingerprint density at radius 1 is 0.971 bits per heavy atom. The number of thiocarbonyl (C=S) groups is 2. The molecule has 0 bridgehead atoms. The molecule has 4 atom stereocenters. The highest BCUT2D eigenvalue weighted by Crippen LogP contribution is 2.42. The van der Waals surface area contributed by atoms with Crippen molar-refractivity contribution in [3.63, 3.8) is 0 Å². The van der Waals surface area contributed by atoms with Gasteiger partial charge in [-0.05, 0) is 36.2 Å². The van der Waals surface area contributed by atoms with Gasteiger partial charge in [0, 0.05) is 15.6 Å². The van der Waals surface area contributed by atoms with Gasteiger partial charge in [0.25, 0.3) is 0 Å². The van der Waals surface area contributed by atoms with Crippen LogP contribution in [0.5, 0.6) is 0 Å². The van der Waals surface area contributed by atoms with E-state index in [1.165, 1.54) is 0 Å². The van der Waals surface area contributed by atoms with Crippen molar-refractivity contribution >= 4 is 48.4 Å². The van der Waals surface area contributed by atoms with Crippen molar-refractivity contribution in [1.29, 1.82) is 0 Å². The minimum atomic E-state index is -2.03. The van der Waals surface area contributed by atoms with E-state index >= 15 is 0 Å². The normalized spacial score (nSPS) is 20.4. The highest BCUT2D eigenvalue weighted by atomic mass is 32.1. The predicted molar refractivity (Wildman–Crippen MR) is 152 cm³/mol. The zero-order chi connectivity index (χ0) is 25.3. The zero-order valence-electron chi connectivity index (χ0n) is 21.4. The Morgan fingerprint density at radius 3 is 1.97 bits per heavy atom. The average molecular weight is 512 g/mol. The topological polar surface area (TPSA) is 29.5 Å². The lowest BCUT2D eigenvalue weighted by molar-refractivity contribution is -0.163. The molecule has 0 spiro atoms. The second-order valence-corrected chi connectivity index (χ2v) is 16.6. The minimum Gasteiger partial charge on any atom is -0.413 e. The smallest absolute Gasteiger partial charge is 0.230 e. The Bertz CT molecular complexity index is 1030. The molecule has 3 nitrogen and oxygen atoms in total. The third-order valence-electron chi connectivity index (χ3n) is 7.48. The lowest BCUT2D eigenvalue weighted by Gasteiger charge is -2.53. The van der Waals surface area contributed by atoms with Gasteiger partial charge < -0.3 is 9.33 Å². The van der Waals surface area contributed by atoms with Crippen molar-refractivity contribution in [1.82, 2.24) is 4.90 Å². The molecule has 1 aliphatic rings. The van der Waals surface area contributed by atoms with E-state index in [9.17, 15) is 4.79 Å². The van der Waals surface area contributed by atoms with E-state index in [1.807, 2.05) is 65.6 Å². The van der Waals surface area contributed by atoms with Crippen molar-refractivity contribution in [2.45, 2.75) is 64.9 Å². The maximum absolute atomic E-state index is 13.5. The number of hydrogen-bond acceptors (Lipinski definition) is 4. The molecule has 0 aromatic heterocycles. The van der Waals surface area contributed by atoms with Crippen LogP contribution in [0.4, 0.5) is 0 Å². The van der Waals surface area contributed by atoms with Crippen LogP contribution in [0, 0.1) is 11.8 Å². The van der Waals surface area contributed by atoms with E-state index in [-0.39, 0.29) is 34.9 Å². The standard InChI is InChI=1S/C28H37NO2S2Si/c1-19(26(33)22-16-12-9-13-17-22)25-24(20(2)31-34(6,7)28(3,4)5)27(30)29(25)18-23(32)21-14-10-8-11-15-21/h8-17,19-20,24-25H,18H2,1-7H3/t19-,20+,24+,25+/m0/s1. The summed E-state index contributed by atoms with van der Waals surface area (Å²) in [7, 11) is -2.03. The number of carbonyl (C=O) groups excluding carboxylic acids is 1. The van der Waals surface area contributed by atoms with Gasteiger partial charge >= 0.3 is 0 Å². The molecule has 0 N–H and O–H groups in total. The molecule has 2 aromatic rings. The Morgan fingerprint density at radius 2 is 1.47 bits per heavy atom. The highest BCUT2D eigenvalue weighted by molar-refractivity contribution is 7.81. The summed E-state index contributed by atoms with van der Waals surface area (Å²) < 4.78 is 6.70. The molecule has 0 aliphatic carbocycles. The van der Waals surface area contributed by atoms with Crippen molar-refractivity contribution in [3.8, 4) is 0 Å². The predicted octanol–water partition coefficient (Wildman–Crippen LogP) is 6.70. The number of rotatable bonds is 9. The summed E-state index contributed by atoms with van der Waals surface area (Å²) in [6.45, 7) is 15.8. The molecule has 1 fully saturated rings. The van der Waals surface area contributed by atoms with Crippen LogP contribution in [0.3, 0.4) is 0 Å². The molecule has 1 heterocycles. The third kappa shape index (κ3) is 5.56. The molecule has 1 aliphatic heterocycles. The van der Waals surface area contributed by atoms with E-state index in [2.05, 4.69) is 47.7 Å². The van der Waals surface area contributed by atoms with Gasteiger partial charge in [-0.1, -0.05) is 113 Å². The molecule has 34 heavy (non-hydrogen) atoms. The van der Waals surface area contributed by atoms with Gasteiger partial charge in [0.15, 0.2) is 8.32 Å². The summed E-state index contributed by atoms with van der Waals surface area (Å²) in [6.07, 6.45) is -0.180. The van der Waals surface area contributed by atoms with Crippen LogP contribution in [0.25, 0.3) is 0 Å². The van der Waals surface area contributed by atoms with E-state index in [4.69, 9.17) is 28.9 Å². The Kier molecular flexibility index (Phi) is 8.28. The molecule has 0 saturated carbocycles. The van der Waals surface area contributed by atoms with E-state index in [0.717, 1.165) is 20.9 Å². The second-order valence-electron chi connectivity index (χ2n) is 10.9. The number of hydrogen-bond donors (Lipinski definition) is 0. The number of benzene rings is 2. The average Bonchev–Trinajstić information content (AvgIpc) is 2.79. The highest BCUT2D eigenvalue weighted by Gasteiger charge is 2.54. The first kappa shape index (κ1) is 26.9. The van der Waals surface area contributed by atoms with Gasteiger partial charge in [-0.2, -0.15) is 0 Å². The molecule has 1 amide bonds. The number of carbonyl (C=O) groups is 1. The van der Waals surface area contributed by atoms with Crippen LogP contribution >= 0.6 is 24.4 Å². The minimum absolute atomic E-state index is 0.00383. The van der Waals surface area contributed by atoms with E-state index in [0.29, 0.717) is 6.54 Å². The number of nitrogens with zero attached hydrogens (tertiary/aromatic N) is 1. The van der Waals surface area contributed by atoms with Crippen LogP contribution < -0.4 is 0 Å². The van der Waals surface area contributed by atoms with Crippen LogP contribution in [0.1, 0.15) is 45.7 Å².